The number of ketones is 2. The molecule has 0 aromatic heterocycles. The minimum absolute atomic E-state index is 0.0219. The zero-order chi connectivity index (χ0) is 65.1. The zero-order valence-corrected chi connectivity index (χ0v) is 52.9. The number of allylic oxidation sites excluding steroid dienone is 5. The Labute approximate surface area is 518 Å². The van der Waals surface area contributed by atoms with E-state index in [9.17, 15) is 54.8 Å². The first-order valence-electron chi connectivity index (χ1n) is 31.1. The van der Waals surface area contributed by atoms with Crippen molar-refractivity contribution in [3.05, 3.63) is 80.7 Å². The van der Waals surface area contributed by atoms with Crippen molar-refractivity contribution in [1.82, 2.24) is 5.32 Å². The van der Waals surface area contributed by atoms with Crippen LogP contribution in [0.3, 0.4) is 0 Å². The fraction of sp³-hybridized carbons (Fsp3) is 0.734. The van der Waals surface area contributed by atoms with Crippen molar-refractivity contribution in [2.24, 2.45) is 40.9 Å². The van der Waals surface area contributed by atoms with E-state index in [1.54, 1.807) is 40.7 Å². The largest absolute Gasteiger partial charge is 0.511 e. The van der Waals surface area contributed by atoms with E-state index in [2.05, 4.69) is 12.2 Å². The van der Waals surface area contributed by atoms with Gasteiger partial charge in [-0.3, -0.25) is 24.5 Å². The van der Waals surface area contributed by atoms with E-state index in [0.717, 1.165) is 7.11 Å². The van der Waals surface area contributed by atoms with Gasteiger partial charge >= 0.3 is 18.0 Å². The SMILES string of the molecule is COC(=O)N[C@H]1[C@@H](C)O[C@@H](O[C@H]2C/C=C(\C)[C@@H]3C=C[C@@H]4[C@@H](O[C@H]5C[C@@H](O[C@H]6C[C@@H](O)[C@@H](O[C@@H]7C[C@@H](O)[C@@H](O)[C@H](C)O7)[C@H](C)O6)[C@@H](OC(C)=O)[C@H](C)O5)[C@@H](C)C[C@H](C)[C@H]4[C@]3(C)/C(O)=C3\C(=O)O[C@]4(CC(/C=C/C(C)=O)=C[C@H](O)[C@H]4/C=C/2C)C3=O)C[C@]1(C)[N+](=O)[O-]. The van der Waals surface area contributed by atoms with Gasteiger partial charge in [-0.25, -0.2) is 9.59 Å². The molecule has 0 aromatic carbocycles. The Morgan fingerprint density at radius 3 is 2.03 bits per heavy atom. The van der Waals surface area contributed by atoms with Gasteiger partial charge in [0.2, 0.25) is 11.3 Å². The van der Waals surface area contributed by atoms with Crippen LogP contribution < -0.4 is 5.32 Å². The van der Waals surface area contributed by atoms with Crippen LogP contribution in [0.15, 0.2) is 70.6 Å². The van der Waals surface area contributed by atoms with Crippen molar-refractivity contribution in [3.63, 3.8) is 0 Å². The zero-order valence-electron chi connectivity index (χ0n) is 52.9. The predicted molar refractivity (Wildman–Crippen MR) is 312 cm³/mol. The number of alkyl carbamates (subject to hydrolysis) is 1. The summed E-state index contributed by atoms with van der Waals surface area (Å²) < 4.78 is 68.4. The van der Waals surface area contributed by atoms with Crippen LogP contribution in [0, 0.1) is 51.0 Å². The molecule has 89 heavy (non-hydrogen) atoms. The lowest BCUT2D eigenvalue weighted by atomic mass is 9.49. The number of hydrogen-bond donors (Lipinski definition) is 6. The highest BCUT2D eigenvalue weighted by molar-refractivity contribution is 6.26. The maximum absolute atomic E-state index is 15.8. The fourth-order valence-corrected chi connectivity index (χ4v) is 15.8. The van der Waals surface area contributed by atoms with E-state index in [4.69, 9.17) is 52.1 Å². The molecule has 25 nitrogen and oxygen atoms in total. The van der Waals surface area contributed by atoms with E-state index >= 15 is 4.79 Å². The molecule has 494 valence electrons. The van der Waals surface area contributed by atoms with E-state index in [1.165, 1.54) is 39.0 Å². The minimum Gasteiger partial charge on any atom is -0.511 e. The van der Waals surface area contributed by atoms with Crippen LogP contribution in [-0.4, -0.2) is 189 Å². The van der Waals surface area contributed by atoms with E-state index in [-0.39, 0.29) is 56.1 Å². The second-order valence-electron chi connectivity index (χ2n) is 26.7. The number of carbonyl (C=O) groups excluding carboxylic acids is 5. The maximum atomic E-state index is 15.8. The Bertz CT molecular complexity index is 2880. The number of aliphatic hydroxyl groups is 5. The van der Waals surface area contributed by atoms with Gasteiger partial charge in [0, 0.05) is 61.7 Å². The molecule has 1 amide bonds. The Morgan fingerprint density at radius 2 is 1.39 bits per heavy atom. The number of ether oxygens (including phenoxy) is 11. The predicted octanol–water partition coefficient (Wildman–Crippen LogP) is 5.37. The van der Waals surface area contributed by atoms with Gasteiger partial charge in [-0.1, -0.05) is 62.8 Å². The van der Waals surface area contributed by atoms with Gasteiger partial charge in [0.25, 0.3) is 0 Å². The highest BCUT2D eigenvalue weighted by Gasteiger charge is 2.65. The van der Waals surface area contributed by atoms with Crippen LogP contribution in [0.4, 0.5) is 4.79 Å². The number of nitrogens with one attached hydrogen (secondary N) is 1. The standard InChI is InChI=1S/C64H90N2O23/c1-28-14-19-45(85-50-27-62(11,66(77)78)57(36(9)83-50)65-61(76)79-13)29(2)21-41-42(69)22-38(16-15-32(5)67)26-64(41)59(74)51(60(75)89-64)58(73)63(12)40(28)18-17-39-52(63)30(3)20-31(4)54(39)87-49-25-46(56(35(8)82-49)84-37(10)68)86-47-24-44(71)55(34(7)81-47)88-48-23-43(70)53(72)33(6)80-48/h14-18,21-22,30-31,33-36,39-50,52-57,69-73H,19-20,23-27H2,1-13H3,(H,65,76)/b16-15+,28-14+,29-21+,58-51+/t30-,31-,33-,34-,35-,36+,39-,40-,41+,42-,43+,44+,45-,46+,47-,48+,49-,50-,52+,53-,54-,55-,56-,57-,62-,63+,64-/m0/s1. The van der Waals surface area contributed by atoms with Crippen LogP contribution in [0.25, 0.3) is 0 Å². The van der Waals surface area contributed by atoms with Crippen molar-refractivity contribution < 1.29 is 107 Å². The lowest BCUT2D eigenvalue weighted by Gasteiger charge is -2.56. The number of Topliss-reactive ketones (excluding diaryl/α,β-unsaturated/α-hetero) is 1. The van der Waals surface area contributed by atoms with Crippen LogP contribution >= 0.6 is 0 Å². The topological polar surface area (TPSA) is 343 Å². The third kappa shape index (κ3) is 13.4. The quantitative estimate of drug-likeness (QED) is 0.0257. The number of fused-ring (bicyclic) bond motifs is 4. The van der Waals surface area contributed by atoms with Gasteiger partial charge in [0.15, 0.2) is 42.6 Å². The molecular formula is C64H90N2O23. The Hall–Kier alpha value is -5.29. The monoisotopic (exact) mass is 1250 g/mol. The molecule has 6 N–H and O–H groups in total. The van der Waals surface area contributed by atoms with Gasteiger partial charge in [-0.15, -0.1) is 0 Å². The number of nitro groups is 1. The number of carbonyl (C=O) groups is 5. The lowest BCUT2D eigenvalue weighted by Crippen LogP contribution is -2.65. The van der Waals surface area contributed by atoms with Crippen molar-refractivity contribution in [2.45, 2.75) is 250 Å². The average molecular weight is 1260 g/mol. The molecule has 25 heteroatoms. The van der Waals surface area contributed by atoms with Crippen LogP contribution in [0.2, 0.25) is 0 Å². The van der Waals surface area contributed by atoms with Gasteiger partial charge in [0.05, 0.1) is 74.4 Å². The van der Waals surface area contributed by atoms with Gasteiger partial charge < -0.3 is 83.0 Å². The average Bonchev–Trinajstić information content (AvgIpc) is 1.69. The van der Waals surface area contributed by atoms with Gasteiger partial charge in [-0.2, -0.15) is 0 Å². The summed E-state index contributed by atoms with van der Waals surface area (Å²) in [4.78, 5) is 80.4. The summed E-state index contributed by atoms with van der Waals surface area (Å²) in [6.45, 7) is 20.1. The second kappa shape index (κ2) is 26.7. The third-order valence-electron chi connectivity index (χ3n) is 20.3. The molecule has 6 fully saturated rings. The first kappa shape index (κ1) is 68.1. The normalized spacial score (nSPS) is 47.2. The Balaban J connectivity index is 1.05. The molecular weight excluding hydrogens is 1160 g/mol. The fourth-order valence-electron chi connectivity index (χ4n) is 15.8. The number of aliphatic hydroxyl groups excluding tert-OH is 5. The van der Waals surface area contributed by atoms with E-state index in [0.29, 0.717) is 23.1 Å². The molecule has 9 aliphatic rings. The Morgan fingerprint density at radius 1 is 0.764 bits per heavy atom. The summed E-state index contributed by atoms with van der Waals surface area (Å²) >= 11 is 0. The molecule has 1 spiro atoms. The minimum atomic E-state index is -2.15. The summed E-state index contributed by atoms with van der Waals surface area (Å²) in [5.74, 6) is -6.85. The number of hydrogen-bond acceptors (Lipinski definition) is 23. The molecule has 5 heterocycles. The highest BCUT2D eigenvalue weighted by Crippen LogP contribution is 2.61. The molecule has 0 aromatic rings. The van der Waals surface area contributed by atoms with Crippen LogP contribution in [0.5, 0.6) is 0 Å². The molecule has 2 bridgehead atoms. The smallest absolute Gasteiger partial charge is 0.407 e. The van der Waals surface area contributed by atoms with Crippen molar-refractivity contribution in [1.29, 1.82) is 0 Å². The number of nitrogens with zero attached hydrogens (tertiary/aromatic N) is 1. The molecule has 27 atom stereocenters. The molecule has 9 rings (SSSR count). The van der Waals surface area contributed by atoms with Crippen LogP contribution in [0.1, 0.15) is 128 Å². The van der Waals surface area contributed by atoms with Gasteiger partial charge in [0.1, 0.15) is 35.7 Å². The summed E-state index contributed by atoms with van der Waals surface area (Å²) in [7, 11) is 1.14. The lowest BCUT2D eigenvalue weighted by molar-refractivity contribution is -0.584. The first-order chi connectivity index (χ1) is 41.8. The number of methoxy groups -OCH3 is 1. The maximum Gasteiger partial charge on any atom is 0.407 e. The summed E-state index contributed by atoms with van der Waals surface area (Å²) in [6, 6.07) is -1.13. The summed E-state index contributed by atoms with van der Waals surface area (Å²) in [6.07, 6.45) is -5.71. The van der Waals surface area contributed by atoms with Crippen molar-refractivity contribution in [2.75, 3.05) is 7.11 Å². The molecule has 5 saturated heterocycles. The number of esters is 2. The molecule has 5 aliphatic heterocycles. The number of amides is 1. The molecule has 0 unspecified atom stereocenters. The van der Waals surface area contributed by atoms with Gasteiger partial charge in [-0.05, 0) is 96.3 Å². The van der Waals surface area contributed by atoms with Crippen molar-refractivity contribution in [3.8, 4) is 0 Å². The first-order valence-corrected chi connectivity index (χ1v) is 31.1. The second-order valence-corrected chi connectivity index (χ2v) is 26.7. The third-order valence-corrected chi connectivity index (χ3v) is 20.3. The molecule has 0 radical (unpaired) electrons. The summed E-state index contributed by atoms with van der Waals surface area (Å²) in [5, 5.41) is 73.1. The van der Waals surface area contributed by atoms with Crippen molar-refractivity contribution >= 4 is 29.6 Å². The highest BCUT2D eigenvalue weighted by atomic mass is 16.7. The molecule has 4 aliphatic carbocycles. The van der Waals surface area contributed by atoms with E-state index < -0.39 is 191 Å². The van der Waals surface area contributed by atoms with E-state index in [1.807, 2.05) is 39.0 Å². The summed E-state index contributed by atoms with van der Waals surface area (Å²) in [5.41, 5.74) is -4.55. The molecule has 1 saturated carbocycles. The number of rotatable bonds is 13. The van der Waals surface area contributed by atoms with Crippen LogP contribution in [-0.2, 0) is 71.3 Å². The Kier molecular flexibility index (Phi) is 20.5.